The zero-order valence-corrected chi connectivity index (χ0v) is 21.5. The maximum absolute atomic E-state index is 13.6. The molecule has 1 aromatic carbocycles. The third-order valence-electron chi connectivity index (χ3n) is 6.93. The second-order valence-electron chi connectivity index (χ2n) is 10.7. The number of nitrogens with zero attached hydrogens (tertiary/aromatic N) is 1. The molecule has 8 nitrogen and oxygen atoms in total. The van der Waals surface area contributed by atoms with Gasteiger partial charge >= 0.3 is 5.97 Å². The molecule has 4 atom stereocenters. The van der Waals surface area contributed by atoms with Crippen molar-refractivity contribution in [2.45, 2.75) is 70.1 Å². The number of ether oxygens (including phenoxy) is 1. The molecule has 0 spiro atoms. The van der Waals surface area contributed by atoms with Gasteiger partial charge in [0.2, 0.25) is 5.91 Å². The Morgan fingerprint density at radius 2 is 1.84 bits per heavy atom. The summed E-state index contributed by atoms with van der Waals surface area (Å²) < 4.78 is 37.4. The molecule has 1 aliphatic heterocycles. The monoisotopic (exact) mass is 517 g/mol. The molecule has 2 aliphatic rings. The van der Waals surface area contributed by atoms with Crippen LogP contribution in [0.25, 0.3) is 11.3 Å². The number of hydrogen-bond donors (Lipinski definition) is 2. The van der Waals surface area contributed by atoms with Gasteiger partial charge < -0.3 is 24.7 Å². The van der Waals surface area contributed by atoms with Gasteiger partial charge in [0.25, 0.3) is 5.91 Å². The number of carbonyl (C=O) groups excluding carboxylic acids is 3. The van der Waals surface area contributed by atoms with Gasteiger partial charge in [-0.3, -0.25) is 14.4 Å². The predicted molar refractivity (Wildman–Crippen MR) is 131 cm³/mol. The maximum Gasteiger partial charge on any atom is 0.310 e. The van der Waals surface area contributed by atoms with E-state index in [2.05, 4.69) is 31.4 Å². The Bertz CT molecular complexity index is 1180. The molecule has 4 rings (SSSR count). The van der Waals surface area contributed by atoms with Crippen LogP contribution in [0.15, 0.2) is 34.7 Å². The molecule has 0 bridgehead atoms. The summed E-state index contributed by atoms with van der Waals surface area (Å²) in [4.78, 5) is 40.4. The number of hydrogen-bond acceptors (Lipinski definition) is 6. The smallest absolute Gasteiger partial charge is 0.310 e. The molecule has 1 aromatic heterocycles. The standard InChI is InChI=1S/C27H33F2N3O5/c1-27(2,3)31-16-6-8-21(17(14-16)26(35)36-4)32-12-11-20(25(32)34)30-24(33)23-10-9-22(37-23)15-5-7-18(28)19(29)13-15/h5,7,9-10,13,16-17,20-21,31H,6,8,11-12,14H2,1-4H3,(H,30,33)/t16-,17-,20?,21+/m1/s1. The van der Waals surface area contributed by atoms with Gasteiger partial charge in [-0.05, 0) is 76.8 Å². The molecule has 2 aromatic rings. The van der Waals surface area contributed by atoms with E-state index in [0.717, 1.165) is 18.6 Å². The lowest BCUT2D eigenvalue weighted by Gasteiger charge is -2.41. The van der Waals surface area contributed by atoms with Crippen molar-refractivity contribution in [3.63, 3.8) is 0 Å². The Morgan fingerprint density at radius 3 is 2.51 bits per heavy atom. The molecule has 2 heterocycles. The molecular weight excluding hydrogens is 484 g/mol. The second kappa shape index (κ2) is 10.6. The highest BCUT2D eigenvalue weighted by Crippen LogP contribution is 2.33. The normalized spacial score (nSPS) is 24.3. The van der Waals surface area contributed by atoms with Crippen molar-refractivity contribution >= 4 is 17.8 Å². The third-order valence-corrected chi connectivity index (χ3v) is 6.93. The average Bonchev–Trinajstić information content (AvgIpc) is 3.47. The first kappa shape index (κ1) is 26.8. The van der Waals surface area contributed by atoms with Gasteiger partial charge in [0.15, 0.2) is 17.4 Å². The Kier molecular flexibility index (Phi) is 7.68. The lowest BCUT2D eigenvalue weighted by Crippen LogP contribution is -2.55. The summed E-state index contributed by atoms with van der Waals surface area (Å²) in [6.07, 6.45) is 2.43. The van der Waals surface area contributed by atoms with Gasteiger partial charge in [-0.2, -0.15) is 0 Å². The Hall–Kier alpha value is -3.27. The van der Waals surface area contributed by atoms with E-state index in [1.807, 2.05) is 0 Å². The zero-order valence-electron chi connectivity index (χ0n) is 21.5. The number of rotatable bonds is 6. The lowest BCUT2D eigenvalue weighted by atomic mass is 9.80. The first-order valence-electron chi connectivity index (χ1n) is 12.5. The quantitative estimate of drug-likeness (QED) is 0.568. The van der Waals surface area contributed by atoms with Gasteiger partial charge in [-0.1, -0.05) is 0 Å². The van der Waals surface area contributed by atoms with Crippen LogP contribution in [0.1, 0.15) is 57.0 Å². The van der Waals surface area contributed by atoms with Crippen LogP contribution in [0.5, 0.6) is 0 Å². The molecule has 10 heteroatoms. The molecule has 1 saturated carbocycles. The molecule has 2 N–H and O–H groups in total. The summed E-state index contributed by atoms with van der Waals surface area (Å²) in [5.41, 5.74) is 0.180. The number of nitrogens with one attached hydrogen (secondary N) is 2. The van der Waals surface area contributed by atoms with Gasteiger partial charge in [0.05, 0.1) is 13.0 Å². The predicted octanol–water partition coefficient (Wildman–Crippen LogP) is 3.65. The highest BCUT2D eigenvalue weighted by atomic mass is 19.2. The number of amides is 2. The minimum Gasteiger partial charge on any atom is -0.469 e. The Balaban J connectivity index is 1.41. The Labute approximate surface area is 214 Å². The molecule has 1 saturated heterocycles. The van der Waals surface area contributed by atoms with E-state index < -0.39 is 29.5 Å². The molecule has 1 aliphatic carbocycles. The number of carbonyl (C=O) groups is 3. The van der Waals surface area contributed by atoms with E-state index >= 15 is 0 Å². The third kappa shape index (κ3) is 6.01. The summed E-state index contributed by atoms with van der Waals surface area (Å²) >= 11 is 0. The van der Waals surface area contributed by atoms with Crippen molar-refractivity contribution < 1.29 is 32.3 Å². The summed E-state index contributed by atoms with van der Waals surface area (Å²) in [6, 6.07) is 5.29. The molecule has 1 unspecified atom stereocenters. The Morgan fingerprint density at radius 1 is 1.08 bits per heavy atom. The molecule has 0 radical (unpaired) electrons. The van der Waals surface area contributed by atoms with Crippen LogP contribution in [0.4, 0.5) is 8.78 Å². The fourth-order valence-corrected chi connectivity index (χ4v) is 5.33. The van der Waals surface area contributed by atoms with E-state index in [9.17, 15) is 23.2 Å². The van der Waals surface area contributed by atoms with Crippen molar-refractivity contribution in [1.82, 2.24) is 15.5 Å². The summed E-state index contributed by atoms with van der Waals surface area (Å²) in [6.45, 7) is 6.63. The number of furan rings is 1. The first-order chi connectivity index (χ1) is 17.5. The van der Waals surface area contributed by atoms with Crippen LogP contribution in [-0.2, 0) is 14.3 Å². The van der Waals surface area contributed by atoms with Crippen molar-refractivity contribution in [2.24, 2.45) is 5.92 Å². The van der Waals surface area contributed by atoms with Gasteiger partial charge in [0.1, 0.15) is 11.8 Å². The largest absolute Gasteiger partial charge is 0.469 e. The summed E-state index contributed by atoms with van der Waals surface area (Å²) in [5, 5.41) is 6.25. The minimum atomic E-state index is -1.02. The van der Waals surface area contributed by atoms with Crippen LogP contribution >= 0.6 is 0 Å². The highest BCUT2D eigenvalue weighted by molar-refractivity contribution is 5.96. The fraction of sp³-hybridized carbons (Fsp3) is 0.519. The van der Waals surface area contributed by atoms with Crippen LogP contribution in [-0.4, -0.2) is 60.0 Å². The molecule has 37 heavy (non-hydrogen) atoms. The number of halogens is 2. The van der Waals surface area contributed by atoms with E-state index in [1.54, 1.807) is 4.90 Å². The molecule has 2 fully saturated rings. The van der Waals surface area contributed by atoms with Crippen molar-refractivity contribution in [1.29, 1.82) is 0 Å². The van der Waals surface area contributed by atoms with Crippen LogP contribution in [0.3, 0.4) is 0 Å². The van der Waals surface area contributed by atoms with Crippen molar-refractivity contribution in [3.8, 4) is 11.3 Å². The van der Waals surface area contributed by atoms with Crippen LogP contribution in [0, 0.1) is 17.6 Å². The topological polar surface area (TPSA) is 101 Å². The number of esters is 1. The average molecular weight is 518 g/mol. The minimum absolute atomic E-state index is 0.0489. The van der Waals surface area contributed by atoms with Gasteiger partial charge in [-0.25, -0.2) is 8.78 Å². The molecule has 200 valence electrons. The van der Waals surface area contributed by atoms with E-state index in [-0.39, 0.29) is 46.6 Å². The van der Waals surface area contributed by atoms with Crippen molar-refractivity contribution in [2.75, 3.05) is 13.7 Å². The number of benzene rings is 1. The second-order valence-corrected chi connectivity index (χ2v) is 10.7. The van der Waals surface area contributed by atoms with E-state index in [0.29, 0.717) is 25.8 Å². The van der Waals surface area contributed by atoms with E-state index in [4.69, 9.17) is 9.15 Å². The van der Waals surface area contributed by atoms with Crippen molar-refractivity contribution in [3.05, 3.63) is 47.7 Å². The zero-order chi connectivity index (χ0) is 26.9. The molecular formula is C27H33F2N3O5. The lowest BCUT2D eigenvalue weighted by molar-refractivity contribution is -0.151. The van der Waals surface area contributed by atoms with Gasteiger partial charge in [0, 0.05) is 29.7 Å². The maximum atomic E-state index is 13.6. The summed E-state index contributed by atoms with van der Waals surface area (Å²) in [7, 11) is 1.35. The van der Waals surface area contributed by atoms with Crippen LogP contribution in [0.2, 0.25) is 0 Å². The SMILES string of the molecule is COC(=O)[C@@H]1C[C@H](NC(C)(C)C)CC[C@@H]1N1CCC(NC(=O)c2ccc(-c3ccc(F)c(F)c3)o2)C1=O. The fourth-order valence-electron chi connectivity index (χ4n) is 5.33. The number of likely N-dealkylation sites (tertiary alicyclic amines) is 1. The molecule has 2 amide bonds. The van der Waals surface area contributed by atoms with Crippen LogP contribution < -0.4 is 10.6 Å². The first-order valence-corrected chi connectivity index (χ1v) is 12.5. The summed E-state index contributed by atoms with van der Waals surface area (Å²) in [5.74, 6) is -3.49. The number of methoxy groups -OCH3 is 1. The highest BCUT2D eigenvalue weighted by Gasteiger charge is 2.45. The van der Waals surface area contributed by atoms with Gasteiger partial charge in [-0.15, -0.1) is 0 Å². The van der Waals surface area contributed by atoms with E-state index in [1.165, 1.54) is 25.3 Å².